The largest absolute Gasteiger partial charge is 0.481 e. The average Bonchev–Trinajstić information content (AvgIpc) is 2.97. The summed E-state index contributed by atoms with van der Waals surface area (Å²) in [5.74, 6) is 0.479. The molecule has 1 aliphatic heterocycles. The van der Waals surface area contributed by atoms with Gasteiger partial charge >= 0.3 is 0 Å². The van der Waals surface area contributed by atoms with Crippen molar-refractivity contribution in [2.75, 3.05) is 6.54 Å². The van der Waals surface area contributed by atoms with Crippen LogP contribution in [-0.2, 0) is 14.6 Å². The molecule has 1 atom stereocenters. The fraction of sp³-hybridized carbons (Fsp3) is 0.316. The summed E-state index contributed by atoms with van der Waals surface area (Å²) in [4.78, 5) is 14.5. The first-order chi connectivity index (χ1) is 11.9. The minimum Gasteiger partial charge on any atom is -0.481 e. The van der Waals surface area contributed by atoms with Crippen LogP contribution < -0.4 is 4.74 Å². The number of nitrogens with zero attached hydrogens (tertiary/aromatic N) is 1. The van der Waals surface area contributed by atoms with Crippen LogP contribution in [0.2, 0.25) is 0 Å². The Hall–Kier alpha value is -2.34. The Morgan fingerprint density at radius 2 is 1.60 bits per heavy atom. The smallest absolute Gasteiger partial charge is 0.263 e. The van der Waals surface area contributed by atoms with Crippen LogP contribution in [0.1, 0.15) is 20.3 Å². The van der Waals surface area contributed by atoms with E-state index in [2.05, 4.69) is 0 Å². The van der Waals surface area contributed by atoms with Crippen molar-refractivity contribution in [3.05, 3.63) is 54.6 Å². The van der Waals surface area contributed by atoms with Crippen molar-refractivity contribution in [1.29, 1.82) is 0 Å². The molecule has 0 bridgehead atoms. The zero-order chi connectivity index (χ0) is 18.0. The van der Waals surface area contributed by atoms with Gasteiger partial charge in [0, 0.05) is 19.0 Å². The molecule has 0 saturated carbocycles. The normalized spacial score (nSPS) is 18.0. The number of likely N-dealkylation sites (tertiary alicyclic amines) is 1. The summed E-state index contributed by atoms with van der Waals surface area (Å²) in [6.45, 7) is 4.63. The van der Waals surface area contributed by atoms with Crippen molar-refractivity contribution in [3.63, 3.8) is 0 Å². The molecule has 1 heterocycles. The van der Waals surface area contributed by atoms with E-state index >= 15 is 0 Å². The Morgan fingerprint density at radius 3 is 2.16 bits per heavy atom. The van der Waals surface area contributed by atoms with Crippen LogP contribution in [0, 0.1) is 0 Å². The SMILES string of the molecule is CC(C)N1CCC(Oc2ccc(S(=O)(=O)c3ccccc3)cc2)C1=O. The first-order valence-electron chi connectivity index (χ1n) is 8.27. The number of ether oxygens (including phenoxy) is 1. The average molecular weight is 359 g/mol. The molecular formula is C19H21NO4S. The van der Waals surface area contributed by atoms with Gasteiger partial charge in [0.05, 0.1) is 9.79 Å². The van der Waals surface area contributed by atoms with Crippen LogP contribution in [0.5, 0.6) is 5.75 Å². The van der Waals surface area contributed by atoms with E-state index in [4.69, 9.17) is 4.74 Å². The van der Waals surface area contributed by atoms with Crippen molar-refractivity contribution < 1.29 is 17.9 Å². The summed E-state index contributed by atoms with van der Waals surface area (Å²) < 4.78 is 30.9. The highest BCUT2D eigenvalue weighted by atomic mass is 32.2. The lowest BCUT2D eigenvalue weighted by Crippen LogP contribution is -2.36. The van der Waals surface area contributed by atoms with Crippen LogP contribution >= 0.6 is 0 Å². The quantitative estimate of drug-likeness (QED) is 0.823. The molecule has 1 fully saturated rings. The molecule has 25 heavy (non-hydrogen) atoms. The first-order valence-corrected chi connectivity index (χ1v) is 9.75. The van der Waals surface area contributed by atoms with Gasteiger partial charge in [0.15, 0.2) is 6.10 Å². The number of hydrogen-bond donors (Lipinski definition) is 0. The van der Waals surface area contributed by atoms with Crippen LogP contribution in [0.4, 0.5) is 0 Å². The van der Waals surface area contributed by atoms with E-state index < -0.39 is 15.9 Å². The van der Waals surface area contributed by atoms with Gasteiger partial charge in [-0.3, -0.25) is 4.79 Å². The third-order valence-electron chi connectivity index (χ3n) is 4.28. The Bertz CT molecular complexity index is 845. The van der Waals surface area contributed by atoms with Gasteiger partial charge in [0.1, 0.15) is 5.75 Å². The lowest BCUT2D eigenvalue weighted by molar-refractivity contribution is -0.134. The van der Waals surface area contributed by atoms with E-state index in [1.165, 1.54) is 12.1 Å². The monoisotopic (exact) mass is 359 g/mol. The third kappa shape index (κ3) is 3.54. The second kappa shape index (κ2) is 6.88. The van der Waals surface area contributed by atoms with Gasteiger partial charge in [-0.1, -0.05) is 18.2 Å². The molecule has 1 saturated heterocycles. The highest BCUT2D eigenvalue weighted by Gasteiger charge is 2.34. The lowest BCUT2D eigenvalue weighted by atomic mass is 10.3. The molecule has 0 radical (unpaired) electrons. The van der Waals surface area contributed by atoms with Gasteiger partial charge in [0.2, 0.25) is 9.84 Å². The minimum atomic E-state index is -3.54. The molecule has 1 unspecified atom stereocenters. The third-order valence-corrected chi connectivity index (χ3v) is 6.07. The predicted octanol–water partition coefficient (Wildman–Crippen LogP) is 2.91. The Labute approximate surface area is 148 Å². The fourth-order valence-electron chi connectivity index (χ4n) is 2.89. The summed E-state index contributed by atoms with van der Waals surface area (Å²) in [7, 11) is -3.54. The summed E-state index contributed by atoms with van der Waals surface area (Å²) in [6, 6.07) is 14.7. The van der Waals surface area contributed by atoms with Crippen molar-refractivity contribution in [1.82, 2.24) is 4.90 Å². The van der Waals surface area contributed by atoms with Crippen molar-refractivity contribution >= 4 is 15.7 Å². The van der Waals surface area contributed by atoms with Gasteiger partial charge in [-0.15, -0.1) is 0 Å². The van der Waals surface area contributed by atoms with Crippen LogP contribution in [0.15, 0.2) is 64.4 Å². The number of rotatable bonds is 5. The predicted molar refractivity (Wildman–Crippen MR) is 94.2 cm³/mol. The van der Waals surface area contributed by atoms with Gasteiger partial charge in [-0.05, 0) is 50.2 Å². The van der Waals surface area contributed by atoms with Crippen molar-refractivity contribution in [2.24, 2.45) is 0 Å². The van der Waals surface area contributed by atoms with Gasteiger partial charge < -0.3 is 9.64 Å². The molecule has 2 aromatic rings. The Balaban J connectivity index is 1.74. The Kier molecular flexibility index (Phi) is 4.81. The molecule has 5 nitrogen and oxygen atoms in total. The minimum absolute atomic E-state index is 0.0176. The molecule has 132 valence electrons. The molecule has 2 aromatic carbocycles. The van der Waals surface area contributed by atoms with Crippen LogP contribution in [-0.4, -0.2) is 37.9 Å². The number of benzene rings is 2. The molecular weight excluding hydrogens is 338 g/mol. The van der Waals surface area contributed by atoms with E-state index in [1.807, 2.05) is 13.8 Å². The zero-order valence-electron chi connectivity index (χ0n) is 14.3. The summed E-state index contributed by atoms with van der Waals surface area (Å²) in [6.07, 6.45) is 0.139. The lowest BCUT2D eigenvalue weighted by Gasteiger charge is -2.21. The second-order valence-corrected chi connectivity index (χ2v) is 8.26. The van der Waals surface area contributed by atoms with Crippen molar-refractivity contribution in [3.8, 4) is 5.75 Å². The maximum Gasteiger partial charge on any atom is 0.263 e. The summed E-state index contributed by atoms with van der Waals surface area (Å²) in [5, 5.41) is 0. The Morgan fingerprint density at radius 1 is 1.00 bits per heavy atom. The van der Waals surface area contributed by atoms with E-state index in [0.717, 1.165) is 0 Å². The molecule has 1 amide bonds. The van der Waals surface area contributed by atoms with Crippen LogP contribution in [0.3, 0.4) is 0 Å². The summed E-state index contributed by atoms with van der Waals surface area (Å²) >= 11 is 0. The van der Waals surface area contributed by atoms with Crippen LogP contribution in [0.25, 0.3) is 0 Å². The maximum atomic E-state index is 12.6. The fourth-order valence-corrected chi connectivity index (χ4v) is 4.18. The standard InChI is InChI=1S/C19H21NO4S/c1-14(2)20-13-12-18(19(20)21)24-15-8-10-17(11-9-15)25(22,23)16-6-4-3-5-7-16/h3-11,14,18H,12-13H2,1-2H3. The van der Waals surface area contributed by atoms with Gasteiger partial charge in [-0.25, -0.2) is 8.42 Å². The first kappa shape index (κ1) is 17.5. The number of carbonyl (C=O) groups is 1. The highest BCUT2D eigenvalue weighted by molar-refractivity contribution is 7.91. The van der Waals surface area contributed by atoms with E-state index in [0.29, 0.717) is 18.7 Å². The second-order valence-electron chi connectivity index (χ2n) is 6.31. The molecule has 0 aliphatic carbocycles. The van der Waals surface area contributed by atoms with E-state index in [9.17, 15) is 13.2 Å². The van der Waals surface area contributed by atoms with Gasteiger partial charge in [-0.2, -0.15) is 0 Å². The van der Waals surface area contributed by atoms with Gasteiger partial charge in [0.25, 0.3) is 5.91 Å². The van der Waals surface area contributed by atoms with E-state index in [1.54, 1.807) is 47.4 Å². The number of sulfone groups is 1. The molecule has 6 heteroatoms. The zero-order valence-corrected chi connectivity index (χ0v) is 15.1. The number of amides is 1. The van der Waals surface area contributed by atoms with Crippen molar-refractivity contribution in [2.45, 2.75) is 42.2 Å². The molecule has 0 aromatic heterocycles. The summed E-state index contributed by atoms with van der Waals surface area (Å²) in [5.41, 5.74) is 0. The molecule has 0 N–H and O–H groups in total. The topological polar surface area (TPSA) is 63.7 Å². The number of hydrogen-bond acceptors (Lipinski definition) is 4. The molecule has 1 aliphatic rings. The highest BCUT2D eigenvalue weighted by Crippen LogP contribution is 2.25. The van der Waals surface area contributed by atoms with E-state index in [-0.39, 0.29) is 21.7 Å². The number of carbonyl (C=O) groups excluding carboxylic acids is 1. The molecule has 3 rings (SSSR count). The molecule has 0 spiro atoms. The maximum absolute atomic E-state index is 12.6.